The Hall–Kier alpha value is -2.83. The first-order valence-electron chi connectivity index (χ1n) is 6.64. The number of hydrogen-bond donors (Lipinski definition) is 1. The summed E-state index contributed by atoms with van der Waals surface area (Å²) in [6.07, 6.45) is 0. The van der Waals surface area contributed by atoms with E-state index in [4.69, 9.17) is 0 Å². The van der Waals surface area contributed by atoms with Crippen LogP contribution in [0.1, 0.15) is 5.56 Å². The molecule has 120 valence electrons. The van der Waals surface area contributed by atoms with Crippen molar-refractivity contribution < 1.29 is 22.8 Å². The van der Waals surface area contributed by atoms with Crippen molar-refractivity contribution in [2.75, 3.05) is 12.4 Å². The van der Waals surface area contributed by atoms with Crippen molar-refractivity contribution in [3.63, 3.8) is 0 Å². The van der Waals surface area contributed by atoms with Crippen molar-refractivity contribution in [2.24, 2.45) is 0 Å². The lowest BCUT2D eigenvalue weighted by Crippen LogP contribution is -2.36. The monoisotopic (exact) mass is 322 g/mol. The van der Waals surface area contributed by atoms with Crippen molar-refractivity contribution in [3.05, 3.63) is 65.5 Å². The lowest BCUT2D eigenvalue weighted by atomic mass is 10.2. The van der Waals surface area contributed by atoms with Crippen LogP contribution in [0.25, 0.3) is 0 Å². The number of hydrogen-bond acceptors (Lipinski definition) is 2. The molecule has 0 saturated heterocycles. The highest BCUT2D eigenvalue weighted by Gasteiger charge is 2.22. The first-order chi connectivity index (χ1) is 10.9. The number of amides is 2. The van der Waals surface area contributed by atoms with Crippen LogP contribution in [-0.2, 0) is 16.1 Å². The fourth-order valence-corrected chi connectivity index (χ4v) is 1.90. The quantitative estimate of drug-likeness (QED) is 0.698. The summed E-state index contributed by atoms with van der Waals surface area (Å²) in [7, 11) is 1.40. The first kappa shape index (κ1) is 16.5. The summed E-state index contributed by atoms with van der Waals surface area (Å²) in [5, 5.41) is 1.93. The molecule has 0 bridgehead atoms. The van der Waals surface area contributed by atoms with Gasteiger partial charge < -0.3 is 10.2 Å². The van der Waals surface area contributed by atoms with E-state index >= 15 is 0 Å². The molecule has 7 heteroatoms. The summed E-state index contributed by atoms with van der Waals surface area (Å²) in [5.41, 5.74) is 0.200. The van der Waals surface area contributed by atoms with Crippen LogP contribution >= 0.6 is 0 Å². The SMILES string of the molecule is CN(Cc1ccccc1)C(=O)C(=O)Nc1ccc(F)c(F)c1F. The Morgan fingerprint density at radius 3 is 2.30 bits per heavy atom. The molecule has 2 amide bonds. The Morgan fingerprint density at radius 2 is 1.65 bits per heavy atom. The van der Waals surface area contributed by atoms with Crippen molar-refractivity contribution in [1.29, 1.82) is 0 Å². The predicted octanol–water partition coefficient (Wildman–Crippen LogP) is 2.70. The molecule has 1 N–H and O–H groups in total. The molecule has 2 aromatic rings. The highest BCUT2D eigenvalue weighted by Crippen LogP contribution is 2.19. The molecule has 2 aromatic carbocycles. The normalized spacial score (nSPS) is 10.3. The molecule has 0 aromatic heterocycles. The lowest BCUT2D eigenvalue weighted by Gasteiger charge is -2.17. The van der Waals surface area contributed by atoms with Crippen LogP contribution in [0, 0.1) is 17.5 Å². The highest BCUT2D eigenvalue weighted by molar-refractivity contribution is 6.39. The maximum atomic E-state index is 13.5. The van der Waals surface area contributed by atoms with Crippen molar-refractivity contribution in [1.82, 2.24) is 4.90 Å². The summed E-state index contributed by atoms with van der Waals surface area (Å²) in [5.74, 6) is -6.73. The maximum Gasteiger partial charge on any atom is 0.313 e. The van der Waals surface area contributed by atoms with Crippen LogP contribution in [0.3, 0.4) is 0 Å². The average molecular weight is 322 g/mol. The minimum atomic E-state index is -1.71. The highest BCUT2D eigenvalue weighted by atomic mass is 19.2. The Bertz CT molecular complexity index is 736. The molecule has 0 aliphatic heterocycles. The number of benzene rings is 2. The van der Waals surface area contributed by atoms with Crippen molar-refractivity contribution in [3.8, 4) is 0 Å². The summed E-state index contributed by atoms with van der Waals surface area (Å²) >= 11 is 0. The van der Waals surface area contributed by atoms with Gasteiger partial charge in [-0.15, -0.1) is 0 Å². The molecule has 0 aliphatic rings. The maximum absolute atomic E-state index is 13.5. The zero-order chi connectivity index (χ0) is 17.0. The number of carbonyl (C=O) groups is 2. The molecule has 0 radical (unpaired) electrons. The van der Waals surface area contributed by atoms with Crippen LogP contribution in [0.5, 0.6) is 0 Å². The third kappa shape index (κ3) is 3.88. The fraction of sp³-hybridized carbons (Fsp3) is 0.125. The third-order valence-corrected chi connectivity index (χ3v) is 3.09. The molecule has 0 unspecified atom stereocenters. The molecule has 0 saturated carbocycles. The average Bonchev–Trinajstić information content (AvgIpc) is 2.55. The van der Waals surface area contributed by atoms with Crippen LogP contribution < -0.4 is 5.32 Å². The summed E-state index contributed by atoms with van der Waals surface area (Å²) < 4.78 is 39.4. The van der Waals surface area contributed by atoms with Gasteiger partial charge >= 0.3 is 11.8 Å². The number of carbonyl (C=O) groups excluding carboxylic acids is 2. The molecule has 2 rings (SSSR count). The number of halogens is 3. The topological polar surface area (TPSA) is 49.4 Å². The van der Waals surface area contributed by atoms with Crippen LogP contribution in [0.4, 0.5) is 18.9 Å². The van der Waals surface area contributed by atoms with Crippen LogP contribution in [-0.4, -0.2) is 23.8 Å². The molecule has 0 aliphatic carbocycles. The molecule has 0 spiro atoms. The summed E-state index contributed by atoms with van der Waals surface area (Å²) in [6.45, 7) is 0.174. The second-order valence-electron chi connectivity index (χ2n) is 4.82. The van der Waals surface area contributed by atoms with Crippen LogP contribution in [0.15, 0.2) is 42.5 Å². The zero-order valence-corrected chi connectivity index (χ0v) is 12.1. The number of nitrogens with one attached hydrogen (secondary N) is 1. The van der Waals surface area contributed by atoms with Gasteiger partial charge in [0.1, 0.15) is 0 Å². The fourth-order valence-electron chi connectivity index (χ4n) is 1.90. The Labute approximate surface area is 130 Å². The molecule has 0 fully saturated rings. The number of likely N-dealkylation sites (N-methyl/N-ethyl adjacent to an activating group) is 1. The van der Waals surface area contributed by atoms with Gasteiger partial charge in [-0.25, -0.2) is 13.2 Å². The summed E-state index contributed by atoms with van der Waals surface area (Å²) in [4.78, 5) is 24.9. The Balaban J connectivity index is 2.05. The van der Waals surface area contributed by atoms with E-state index in [2.05, 4.69) is 0 Å². The van der Waals surface area contributed by atoms with E-state index in [1.807, 2.05) is 11.4 Å². The van der Waals surface area contributed by atoms with Gasteiger partial charge in [0.05, 0.1) is 5.69 Å². The minimum absolute atomic E-state index is 0.174. The molecule has 0 atom stereocenters. The van der Waals surface area contributed by atoms with Gasteiger partial charge in [-0.2, -0.15) is 0 Å². The first-order valence-corrected chi connectivity index (χ1v) is 6.64. The molecule has 4 nitrogen and oxygen atoms in total. The second kappa shape index (κ2) is 6.95. The predicted molar refractivity (Wildman–Crippen MR) is 77.9 cm³/mol. The van der Waals surface area contributed by atoms with E-state index < -0.39 is 35.0 Å². The van der Waals surface area contributed by atoms with E-state index in [1.165, 1.54) is 7.05 Å². The summed E-state index contributed by atoms with van der Waals surface area (Å²) in [6, 6.07) is 10.4. The number of anilines is 1. The standard InChI is InChI=1S/C16H13F3N2O2/c1-21(9-10-5-3-2-4-6-10)16(23)15(22)20-12-8-7-11(17)13(18)14(12)19/h2-8H,9H2,1H3,(H,20,22). The van der Waals surface area contributed by atoms with E-state index in [1.54, 1.807) is 24.3 Å². The van der Waals surface area contributed by atoms with E-state index in [9.17, 15) is 22.8 Å². The van der Waals surface area contributed by atoms with Gasteiger partial charge in [0.25, 0.3) is 0 Å². The van der Waals surface area contributed by atoms with Crippen molar-refractivity contribution >= 4 is 17.5 Å². The van der Waals surface area contributed by atoms with Gasteiger partial charge in [-0.1, -0.05) is 30.3 Å². The largest absolute Gasteiger partial charge is 0.333 e. The minimum Gasteiger partial charge on any atom is -0.333 e. The zero-order valence-electron chi connectivity index (χ0n) is 12.1. The lowest BCUT2D eigenvalue weighted by molar-refractivity contribution is -0.142. The van der Waals surface area contributed by atoms with Gasteiger partial charge in [-0.05, 0) is 17.7 Å². The Morgan fingerprint density at radius 1 is 1.00 bits per heavy atom. The smallest absolute Gasteiger partial charge is 0.313 e. The van der Waals surface area contributed by atoms with Crippen LogP contribution in [0.2, 0.25) is 0 Å². The van der Waals surface area contributed by atoms with Gasteiger partial charge in [-0.3, -0.25) is 9.59 Å². The molecule has 23 heavy (non-hydrogen) atoms. The molecular formula is C16H13F3N2O2. The third-order valence-electron chi connectivity index (χ3n) is 3.09. The van der Waals surface area contributed by atoms with Gasteiger partial charge in [0.2, 0.25) is 0 Å². The molecule has 0 heterocycles. The van der Waals surface area contributed by atoms with E-state index in [0.717, 1.165) is 16.5 Å². The number of rotatable bonds is 3. The molecular weight excluding hydrogens is 309 g/mol. The Kier molecular flexibility index (Phi) is 5.00. The second-order valence-corrected chi connectivity index (χ2v) is 4.82. The van der Waals surface area contributed by atoms with E-state index in [-0.39, 0.29) is 6.54 Å². The van der Waals surface area contributed by atoms with Gasteiger partial charge in [0, 0.05) is 13.6 Å². The van der Waals surface area contributed by atoms with E-state index in [0.29, 0.717) is 6.07 Å². The number of nitrogens with zero attached hydrogens (tertiary/aromatic N) is 1. The van der Waals surface area contributed by atoms with Crippen molar-refractivity contribution in [2.45, 2.75) is 6.54 Å². The van der Waals surface area contributed by atoms with Gasteiger partial charge in [0.15, 0.2) is 17.5 Å².